The standard InChI is InChI=1S/C48H30F6N3O7P/c1-62-38-20-18-35(19-21-38)55(27-28-22-33(47(49,50)51)26-34(23-28)48(52,53)54)65-63-45-41(29-10-14-36(15-11-29)56(58)59)24-31-6-2-4-8-39(31)43(45)44-40-9-5-3-7-32(40)25-42(46(44)64-65)30-12-16-37(17-13-30)57(60)61/h2-26H,27H2,1H3. The molecule has 0 aliphatic heterocycles. The summed E-state index contributed by atoms with van der Waals surface area (Å²) in [6.45, 7) is -0.601. The SMILES string of the molecule is COc1ccc(N(Cc2cc(C(F)(F)F)cc(C(F)(F)F)c2)p2oc3c(-c4ccc([N+](=O)[O-])cc4)cc4ccccc4c3c3c(o2)c(-c2ccc([N+](=O)[O-])cc2)cc2ccccc23)cc1. The number of anilines is 1. The summed E-state index contributed by atoms with van der Waals surface area (Å²) in [6, 6.07) is 37.6. The highest BCUT2D eigenvalue weighted by Gasteiger charge is 2.37. The summed E-state index contributed by atoms with van der Waals surface area (Å²) in [4.78, 5) is 22.4. The van der Waals surface area contributed by atoms with Crippen LogP contribution >= 0.6 is 8.16 Å². The topological polar surface area (TPSA) is 125 Å². The fourth-order valence-electron chi connectivity index (χ4n) is 7.85. The number of nitro groups is 2. The maximum Gasteiger partial charge on any atom is 0.416 e. The van der Waals surface area contributed by atoms with Crippen molar-refractivity contribution in [2.75, 3.05) is 11.8 Å². The van der Waals surface area contributed by atoms with Gasteiger partial charge in [-0.1, -0.05) is 48.5 Å². The summed E-state index contributed by atoms with van der Waals surface area (Å²) < 4.78 is 107. The van der Waals surface area contributed by atoms with Gasteiger partial charge in [-0.2, -0.15) is 26.3 Å². The number of benzene rings is 8. The zero-order valence-electron chi connectivity index (χ0n) is 33.6. The molecule has 0 N–H and O–H groups in total. The molecule has 1 aromatic heterocycles. The highest BCUT2D eigenvalue weighted by Crippen LogP contribution is 2.50. The second-order valence-electron chi connectivity index (χ2n) is 14.9. The monoisotopic (exact) mass is 905 g/mol. The second kappa shape index (κ2) is 16.4. The number of fused-ring (bicyclic) bond motifs is 7. The molecular formula is C48H30F6N3O7P. The third-order valence-corrected chi connectivity index (χ3v) is 12.4. The van der Waals surface area contributed by atoms with Gasteiger partial charge in [-0.05, 0) is 117 Å². The molecule has 0 fully saturated rings. The Morgan fingerprint density at radius 2 is 1.02 bits per heavy atom. The summed E-state index contributed by atoms with van der Waals surface area (Å²) in [6.07, 6.45) is -10.3. The lowest BCUT2D eigenvalue weighted by atomic mass is 9.91. The minimum atomic E-state index is -5.14. The average Bonchev–Trinajstić information content (AvgIpc) is 3.48. The summed E-state index contributed by atoms with van der Waals surface area (Å²) >= 11 is 0. The van der Waals surface area contributed by atoms with E-state index in [4.69, 9.17) is 13.1 Å². The van der Waals surface area contributed by atoms with Crippen LogP contribution in [-0.4, -0.2) is 17.0 Å². The number of methoxy groups -OCH3 is 1. The smallest absolute Gasteiger partial charge is 0.416 e. The quantitative estimate of drug-likeness (QED) is 0.0796. The van der Waals surface area contributed by atoms with Gasteiger partial charge in [0.15, 0.2) is 11.2 Å². The van der Waals surface area contributed by atoms with E-state index in [1.807, 2.05) is 60.7 Å². The number of nitrogens with zero attached hydrogens (tertiary/aromatic N) is 3. The van der Waals surface area contributed by atoms with Crippen LogP contribution in [0.3, 0.4) is 0 Å². The molecule has 17 heteroatoms. The maximum absolute atomic E-state index is 14.3. The number of hydrogen-bond acceptors (Lipinski definition) is 8. The summed E-state index contributed by atoms with van der Waals surface area (Å²) in [5.41, 5.74) is -1.24. The highest BCUT2D eigenvalue weighted by molar-refractivity contribution is 7.39. The van der Waals surface area contributed by atoms with E-state index in [2.05, 4.69) is 0 Å². The van der Waals surface area contributed by atoms with Crippen molar-refractivity contribution in [2.24, 2.45) is 0 Å². The third-order valence-electron chi connectivity index (χ3n) is 10.9. The summed E-state index contributed by atoms with van der Waals surface area (Å²) in [5, 5.41) is 27.3. The summed E-state index contributed by atoms with van der Waals surface area (Å²) in [5.74, 6) is 0.400. The van der Waals surface area contributed by atoms with E-state index in [0.717, 1.165) is 10.8 Å². The molecule has 0 saturated heterocycles. The Labute approximate surface area is 364 Å². The largest absolute Gasteiger partial charge is 0.497 e. The van der Waals surface area contributed by atoms with Crippen molar-refractivity contribution < 1.29 is 49.3 Å². The van der Waals surface area contributed by atoms with Crippen LogP contribution < -0.4 is 9.41 Å². The number of rotatable bonds is 9. The molecule has 0 aliphatic rings. The number of ether oxygens (including phenoxy) is 1. The van der Waals surface area contributed by atoms with E-state index in [-0.39, 0.29) is 39.9 Å². The fraction of sp³-hybridized carbons (Fsp3) is 0.0833. The lowest BCUT2D eigenvalue weighted by molar-refractivity contribution is -0.385. The van der Waals surface area contributed by atoms with Crippen LogP contribution in [0.5, 0.6) is 5.75 Å². The van der Waals surface area contributed by atoms with E-state index in [0.29, 0.717) is 61.7 Å². The molecule has 0 unspecified atom stereocenters. The molecule has 0 spiro atoms. The van der Waals surface area contributed by atoms with Gasteiger partial charge in [0.05, 0.1) is 40.3 Å². The van der Waals surface area contributed by atoms with Gasteiger partial charge in [-0.3, -0.25) is 24.9 Å². The first-order valence-corrected chi connectivity index (χ1v) is 20.7. The normalized spacial score (nSPS) is 11.9. The van der Waals surface area contributed by atoms with Gasteiger partial charge in [0, 0.05) is 46.2 Å². The summed E-state index contributed by atoms with van der Waals surface area (Å²) in [7, 11) is -1.24. The van der Waals surface area contributed by atoms with Crippen molar-refractivity contribution in [3.63, 3.8) is 0 Å². The van der Waals surface area contributed by atoms with E-state index in [9.17, 15) is 46.6 Å². The molecular weight excluding hydrogens is 876 g/mol. The minimum Gasteiger partial charge on any atom is -0.497 e. The first-order chi connectivity index (χ1) is 31.1. The van der Waals surface area contributed by atoms with Crippen molar-refractivity contribution in [1.82, 2.24) is 0 Å². The lowest BCUT2D eigenvalue weighted by Gasteiger charge is -2.23. The van der Waals surface area contributed by atoms with E-state index in [1.54, 1.807) is 48.5 Å². The predicted molar refractivity (Wildman–Crippen MR) is 237 cm³/mol. The number of non-ortho nitro benzene ring substituents is 2. The Hall–Kier alpha value is -7.84. The van der Waals surface area contributed by atoms with Crippen molar-refractivity contribution in [3.8, 4) is 28.0 Å². The Morgan fingerprint density at radius 3 is 1.42 bits per heavy atom. The van der Waals surface area contributed by atoms with Gasteiger partial charge in [-0.25, -0.2) is 0 Å². The van der Waals surface area contributed by atoms with Crippen LogP contribution in [0.1, 0.15) is 16.7 Å². The van der Waals surface area contributed by atoms with Crippen LogP contribution in [0.15, 0.2) is 160 Å². The molecule has 326 valence electrons. The van der Waals surface area contributed by atoms with Crippen LogP contribution in [0.4, 0.5) is 43.4 Å². The molecule has 0 bridgehead atoms. The molecule has 10 nitrogen and oxygen atoms in total. The van der Waals surface area contributed by atoms with Crippen LogP contribution in [0.2, 0.25) is 0 Å². The van der Waals surface area contributed by atoms with Crippen LogP contribution in [0.25, 0.3) is 65.7 Å². The molecule has 0 aliphatic carbocycles. The van der Waals surface area contributed by atoms with Gasteiger partial charge in [0.25, 0.3) is 11.4 Å². The predicted octanol–water partition coefficient (Wildman–Crippen LogP) is 15.3. The molecule has 0 radical (unpaired) electrons. The van der Waals surface area contributed by atoms with E-state index >= 15 is 0 Å². The molecule has 8 aromatic carbocycles. The van der Waals surface area contributed by atoms with Gasteiger partial charge < -0.3 is 13.1 Å². The number of nitro benzene ring substituents is 2. The van der Waals surface area contributed by atoms with Gasteiger partial charge >= 0.3 is 20.5 Å². The van der Waals surface area contributed by atoms with E-state index < -0.39 is 48.0 Å². The molecule has 9 aromatic rings. The first-order valence-electron chi connectivity index (χ1n) is 19.5. The number of alkyl halides is 6. The van der Waals surface area contributed by atoms with Crippen molar-refractivity contribution in [2.45, 2.75) is 18.9 Å². The molecule has 0 saturated carbocycles. The fourth-order valence-corrected chi connectivity index (χ4v) is 9.38. The Bertz CT molecular complexity index is 3190. The van der Waals surface area contributed by atoms with E-state index in [1.165, 1.54) is 36.0 Å². The zero-order chi connectivity index (χ0) is 45.8. The van der Waals surface area contributed by atoms with Crippen LogP contribution in [-0.2, 0) is 18.9 Å². The van der Waals surface area contributed by atoms with Crippen molar-refractivity contribution in [1.29, 1.82) is 0 Å². The Kier molecular flexibility index (Phi) is 10.7. The molecule has 9 rings (SSSR count). The van der Waals surface area contributed by atoms with Gasteiger partial charge in [0.1, 0.15) is 5.75 Å². The maximum atomic E-state index is 14.3. The zero-order valence-corrected chi connectivity index (χ0v) is 34.4. The third kappa shape index (κ3) is 8.15. The van der Waals surface area contributed by atoms with Gasteiger partial charge in [0.2, 0.25) is 0 Å². The molecule has 0 atom stereocenters. The Balaban J connectivity index is 1.48. The van der Waals surface area contributed by atoms with Crippen LogP contribution in [0, 0.1) is 20.2 Å². The second-order valence-corrected chi connectivity index (χ2v) is 16.2. The van der Waals surface area contributed by atoms with Crippen molar-refractivity contribution in [3.05, 3.63) is 189 Å². The van der Waals surface area contributed by atoms with Crippen molar-refractivity contribution >= 4 is 68.7 Å². The van der Waals surface area contributed by atoms with Gasteiger partial charge in [-0.15, -0.1) is 0 Å². The molecule has 0 amide bonds. The Morgan fingerprint density at radius 1 is 0.585 bits per heavy atom. The molecule has 65 heavy (non-hydrogen) atoms. The number of halogens is 6. The first kappa shape index (κ1) is 42.5. The minimum absolute atomic E-state index is 0.0564. The average molecular weight is 906 g/mol. The molecule has 1 heterocycles. The highest BCUT2D eigenvalue weighted by atomic mass is 31.1. The lowest BCUT2D eigenvalue weighted by Crippen LogP contribution is -2.16. The number of hydrogen-bond donors (Lipinski definition) is 0.